The van der Waals surface area contributed by atoms with Crippen LogP contribution in [-0.2, 0) is 9.53 Å². The predicted octanol–water partition coefficient (Wildman–Crippen LogP) is 4.05. The number of methoxy groups -OCH3 is 1. The molecule has 1 saturated heterocycles. The number of rotatable bonds is 9. The fourth-order valence-electron chi connectivity index (χ4n) is 4.81. The third kappa shape index (κ3) is 6.35. The van der Waals surface area contributed by atoms with E-state index >= 15 is 0 Å². The number of thiophene rings is 1. The van der Waals surface area contributed by atoms with E-state index in [0.717, 1.165) is 23.7 Å². The molecule has 3 heterocycles. The first kappa shape index (κ1) is 27.0. The van der Waals surface area contributed by atoms with Crippen molar-refractivity contribution >= 4 is 28.9 Å². The highest BCUT2D eigenvalue weighted by molar-refractivity contribution is 7.12. The quantitative estimate of drug-likeness (QED) is 0.402. The van der Waals surface area contributed by atoms with Crippen LogP contribution in [0.25, 0.3) is 0 Å². The van der Waals surface area contributed by atoms with Crippen molar-refractivity contribution in [2.75, 3.05) is 53.0 Å². The van der Waals surface area contributed by atoms with Gasteiger partial charge < -0.3 is 14.4 Å². The lowest BCUT2D eigenvalue weighted by atomic mass is 10.0. The van der Waals surface area contributed by atoms with Crippen molar-refractivity contribution in [2.45, 2.75) is 12.5 Å². The van der Waals surface area contributed by atoms with E-state index in [1.807, 2.05) is 17.5 Å². The fourth-order valence-corrected chi connectivity index (χ4v) is 5.53. The topological polar surface area (TPSA) is 74.7 Å². The van der Waals surface area contributed by atoms with Crippen LogP contribution >= 0.6 is 11.3 Å². The number of benzene rings is 2. The smallest absolute Gasteiger partial charge is 0.262 e. The Labute approximate surface area is 231 Å². The first-order valence-corrected chi connectivity index (χ1v) is 13.8. The minimum absolute atomic E-state index is 0.179. The molecule has 0 N–H and O–H groups in total. The summed E-state index contributed by atoms with van der Waals surface area (Å²) in [6.45, 7) is 3.62. The second kappa shape index (κ2) is 12.5. The van der Waals surface area contributed by atoms with E-state index in [1.54, 1.807) is 54.5 Å². The highest BCUT2D eigenvalue weighted by Gasteiger charge is 2.36. The summed E-state index contributed by atoms with van der Waals surface area (Å²) in [5.74, 6) is -0.369. The molecule has 0 spiro atoms. The summed E-state index contributed by atoms with van der Waals surface area (Å²) in [5.41, 5.74) is 1.59. The van der Waals surface area contributed by atoms with Gasteiger partial charge in [0.05, 0.1) is 37.0 Å². The Bertz CT molecular complexity index is 1310. The predicted molar refractivity (Wildman–Crippen MR) is 148 cm³/mol. The summed E-state index contributed by atoms with van der Waals surface area (Å²) in [6.07, 6.45) is 0.396. The molecule has 8 nitrogen and oxygen atoms in total. The van der Waals surface area contributed by atoms with Gasteiger partial charge in [0.25, 0.3) is 11.8 Å². The van der Waals surface area contributed by atoms with E-state index in [9.17, 15) is 14.0 Å². The molecular formula is C29H31FN4O4S. The van der Waals surface area contributed by atoms with E-state index < -0.39 is 6.04 Å². The standard InChI is InChI=1S/C29H31FN4O4S/c1-37-22-10-8-21(9-11-22)29(36)33(13-12-32-14-16-38-17-15-32)20-28(35)34-26(23-5-2-3-6-24(23)30)19-25(31-34)27-7-4-18-39-27/h2-11,18,26H,12-17,19-20H2,1H3/t26-/m1/s1. The van der Waals surface area contributed by atoms with Crippen LogP contribution in [0.3, 0.4) is 0 Å². The molecule has 2 aromatic carbocycles. The summed E-state index contributed by atoms with van der Waals surface area (Å²) in [5, 5.41) is 7.95. The molecule has 3 aromatic rings. The van der Waals surface area contributed by atoms with Gasteiger partial charge in [-0.2, -0.15) is 5.10 Å². The number of carbonyl (C=O) groups is 2. The molecule has 0 radical (unpaired) electrons. The third-order valence-corrected chi connectivity index (χ3v) is 7.89. The van der Waals surface area contributed by atoms with E-state index in [4.69, 9.17) is 9.47 Å². The van der Waals surface area contributed by atoms with E-state index in [1.165, 1.54) is 22.4 Å². The lowest BCUT2D eigenvalue weighted by Crippen LogP contribution is -2.46. The van der Waals surface area contributed by atoms with Crippen LogP contribution in [0.15, 0.2) is 71.1 Å². The van der Waals surface area contributed by atoms with Crippen molar-refractivity contribution in [3.8, 4) is 5.75 Å². The fraction of sp³-hybridized carbons (Fsp3) is 0.345. The summed E-state index contributed by atoms with van der Waals surface area (Å²) < 4.78 is 25.5. The number of hydrazone groups is 1. The van der Waals surface area contributed by atoms with Crippen LogP contribution in [0.4, 0.5) is 4.39 Å². The van der Waals surface area contributed by atoms with Gasteiger partial charge in [0.1, 0.15) is 18.1 Å². The molecule has 39 heavy (non-hydrogen) atoms. The largest absolute Gasteiger partial charge is 0.497 e. The van der Waals surface area contributed by atoms with Gasteiger partial charge in [-0.1, -0.05) is 24.3 Å². The van der Waals surface area contributed by atoms with Crippen molar-refractivity contribution in [1.82, 2.24) is 14.8 Å². The molecule has 2 aliphatic heterocycles. The molecule has 1 aromatic heterocycles. The maximum absolute atomic E-state index is 14.9. The van der Waals surface area contributed by atoms with Crippen LogP contribution < -0.4 is 4.74 Å². The highest BCUT2D eigenvalue weighted by Crippen LogP contribution is 2.35. The number of hydrogen-bond acceptors (Lipinski definition) is 7. The number of nitrogens with zero attached hydrogens (tertiary/aromatic N) is 4. The number of amides is 2. The molecule has 1 fully saturated rings. The van der Waals surface area contributed by atoms with Crippen molar-refractivity contribution in [3.05, 3.63) is 87.9 Å². The molecule has 204 valence electrons. The van der Waals surface area contributed by atoms with Gasteiger partial charge in [-0.15, -0.1) is 11.3 Å². The maximum Gasteiger partial charge on any atom is 0.262 e. The minimum Gasteiger partial charge on any atom is -0.497 e. The van der Waals surface area contributed by atoms with Gasteiger partial charge in [-0.3, -0.25) is 14.5 Å². The molecule has 2 amide bonds. The lowest BCUT2D eigenvalue weighted by Gasteiger charge is -2.31. The van der Waals surface area contributed by atoms with Crippen molar-refractivity contribution < 1.29 is 23.5 Å². The van der Waals surface area contributed by atoms with Gasteiger partial charge in [0, 0.05) is 43.7 Å². The van der Waals surface area contributed by atoms with Gasteiger partial charge in [-0.05, 0) is 41.8 Å². The normalized spacial score (nSPS) is 17.6. The van der Waals surface area contributed by atoms with Crippen molar-refractivity contribution in [2.24, 2.45) is 5.10 Å². The number of carbonyl (C=O) groups excluding carboxylic acids is 2. The molecule has 0 bridgehead atoms. The Morgan fingerprint density at radius 2 is 1.87 bits per heavy atom. The molecule has 1 atom stereocenters. The van der Waals surface area contributed by atoms with Crippen molar-refractivity contribution in [1.29, 1.82) is 0 Å². The van der Waals surface area contributed by atoms with E-state index in [0.29, 0.717) is 49.6 Å². The van der Waals surface area contributed by atoms with E-state index in [-0.39, 0.29) is 24.2 Å². The SMILES string of the molecule is COc1ccc(C(=O)N(CCN2CCOCC2)CC(=O)N2N=C(c3cccs3)C[C@@H]2c2ccccc2F)cc1. The first-order valence-electron chi connectivity index (χ1n) is 12.9. The summed E-state index contributed by atoms with van der Waals surface area (Å²) in [7, 11) is 1.57. The van der Waals surface area contributed by atoms with Gasteiger partial charge in [0.15, 0.2) is 0 Å². The average Bonchev–Trinajstić information content (AvgIpc) is 3.66. The second-order valence-electron chi connectivity index (χ2n) is 9.41. The Kier molecular flexibility index (Phi) is 8.65. The molecule has 2 aliphatic rings. The highest BCUT2D eigenvalue weighted by atomic mass is 32.1. The summed E-state index contributed by atoms with van der Waals surface area (Å²) >= 11 is 1.53. The average molecular weight is 551 g/mol. The Morgan fingerprint density at radius 3 is 2.56 bits per heavy atom. The zero-order chi connectivity index (χ0) is 27.2. The zero-order valence-electron chi connectivity index (χ0n) is 21.8. The van der Waals surface area contributed by atoms with Gasteiger partial charge in [-0.25, -0.2) is 9.40 Å². The monoisotopic (exact) mass is 550 g/mol. The minimum atomic E-state index is -0.590. The molecule has 5 rings (SSSR count). The van der Waals surface area contributed by atoms with Crippen LogP contribution in [-0.4, -0.2) is 85.4 Å². The molecule has 0 unspecified atom stereocenters. The zero-order valence-corrected chi connectivity index (χ0v) is 22.6. The number of ether oxygens (including phenoxy) is 2. The molecular weight excluding hydrogens is 519 g/mol. The van der Waals surface area contributed by atoms with Crippen LogP contribution in [0.2, 0.25) is 0 Å². The molecule has 0 aliphatic carbocycles. The molecule has 0 saturated carbocycles. The van der Waals surface area contributed by atoms with Crippen LogP contribution in [0, 0.1) is 5.82 Å². The number of halogens is 1. The number of hydrogen-bond donors (Lipinski definition) is 0. The van der Waals surface area contributed by atoms with Gasteiger partial charge in [0.2, 0.25) is 0 Å². The summed E-state index contributed by atoms with van der Waals surface area (Å²) in [6, 6.07) is 16.6. The molecule has 10 heteroatoms. The Hall–Kier alpha value is -3.60. The van der Waals surface area contributed by atoms with Crippen LogP contribution in [0.1, 0.15) is 33.3 Å². The summed E-state index contributed by atoms with van der Waals surface area (Å²) in [4.78, 5) is 32.1. The second-order valence-corrected chi connectivity index (χ2v) is 10.4. The van der Waals surface area contributed by atoms with E-state index in [2.05, 4.69) is 10.0 Å². The Morgan fingerprint density at radius 1 is 1.10 bits per heavy atom. The third-order valence-electron chi connectivity index (χ3n) is 6.98. The lowest BCUT2D eigenvalue weighted by molar-refractivity contribution is -0.133. The van der Waals surface area contributed by atoms with Gasteiger partial charge >= 0.3 is 0 Å². The Balaban J connectivity index is 1.40. The van der Waals surface area contributed by atoms with Crippen LogP contribution in [0.5, 0.6) is 5.75 Å². The van der Waals surface area contributed by atoms with Crippen molar-refractivity contribution in [3.63, 3.8) is 0 Å². The first-order chi connectivity index (χ1) is 19.0. The maximum atomic E-state index is 14.9. The number of morpholine rings is 1.